The number of ether oxygens (including phenoxy) is 1. The van der Waals surface area contributed by atoms with Crippen molar-refractivity contribution in [3.63, 3.8) is 0 Å². The first kappa shape index (κ1) is 17.4. The van der Waals surface area contributed by atoms with E-state index in [1.165, 1.54) is 6.92 Å². The van der Waals surface area contributed by atoms with Gasteiger partial charge in [-0.2, -0.15) is 5.26 Å². The van der Waals surface area contributed by atoms with Gasteiger partial charge in [-0.3, -0.25) is 14.5 Å². The van der Waals surface area contributed by atoms with E-state index >= 15 is 0 Å². The van der Waals surface area contributed by atoms with Crippen molar-refractivity contribution in [2.75, 3.05) is 6.54 Å². The highest BCUT2D eigenvalue weighted by atomic mass is 16.5. The van der Waals surface area contributed by atoms with E-state index in [-0.39, 0.29) is 0 Å². The Hall–Kier alpha value is -3.40. The molecule has 132 valence electrons. The first-order valence-corrected chi connectivity index (χ1v) is 8.07. The van der Waals surface area contributed by atoms with Crippen LogP contribution in [-0.4, -0.2) is 35.5 Å². The molecule has 0 aromatic heterocycles. The first-order valence-electron chi connectivity index (χ1n) is 8.07. The molecular formula is C19H17N3O4. The Kier molecular flexibility index (Phi) is 4.34. The Balaban J connectivity index is 1.86. The van der Waals surface area contributed by atoms with E-state index in [4.69, 9.17) is 10.00 Å². The number of nitriles is 1. The summed E-state index contributed by atoms with van der Waals surface area (Å²) in [5.41, 5.74) is -0.654. The molecule has 0 unspecified atom stereocenters. The Morgan fingerprint density at radius 2 is 1.96 bits per heavy atom. The van der Waals surface area contributed by atoms with Crippen LogP contribution in [0.1, 0.15) is 19.4 Å². The second-order valence-corrected chi connectivity index (χ2v) is 6.27. The maximum absolute atomic E-state index is 12.8. The number of amides is 3. The average molecular weight is 351 g/mol. The van der Waals surface area contributed by atoms with Crippen LogP contribution in [-0.2, 0) is 19.9 Å². The number of imide groups is 1. The Morgan fingerprint density at radius 1 is 1.27 bits per heavy atom. The zero-order chi connectivity index (χ0) is 18.9. The fourth-order valence-electron chi connectivity index (χ4n) is 2.93. The van der Waals surface area contributed by atoms with Crippen LogP contribution in [0.4, 0.5) is 4.79 Å². The van der Waals surface area contributed by atoms with E-state index in [1.807, 2.05) is 36.4 Å². The van der Waals surface area contributed by atoms with Crippen LogP contribution < -0.4 is 5.32 Å². The normalized spacial score (nSPS) is 20.6. The van der Waals surface area contributed by atoms with Crippen LogP contribution in [0.25, 0.3) is 10.8 Å². The summed E-state index contributed by atoms with van der Waals surface area (Å²) in [6, 6.07) is 14.3. The molecule has 7 nitrogen and oxygen atoms in total. The quantitative estimate of drug-likeness (QED) is 0.671. The van der Waals surface area contributed by atoms with Gasteiger partial charge in [0.05, 0.1) is 0 Å². The summed E-state index contributed by atoms with van der Waals surface area (Å²) < 4.78 is 4.82. The van der Waals surface area contributed by atoms with Gasteiger partial charge in [-0.05, 0) is 36.2 Å². The molecule has 2 atom stereocenters. The van der Waals surface area contributed by atoms with Crippen LogP contribution in [0.15, 0.2) is 42.5 Å². The van der Waals surface area contributed by atoms with E-state index in [9.17, 15) is 14.4 Å². The predicted molar refractivity (Wildman–Crippen MR) is 92.7 cm³/mol. The van der Waals surface area contributed by atoms with Crippen molar-refractivity contribution in [1.29, 1.82) is 5.26 Å². The third-order valence-electron chi connectivity index (χ3n) is 4.38. The molecule has 3 amide bonds. The fourth-order valence-corrected chi connectivity index (χ4v) is 2.93. The van der Waals surface area contributed by atoms with Crippen molar-refractivity contribution in [3.8, 4) is 6.07 Å². The number of nitrogens with zero attached hydrogens (tertiary/aromatic N) is 2. The highest BCUT2D eigenvalue weighted by molar-refractivity contribution is 6.09. The second-order valence-electron chi connectivity index (χ2n) is 6.27. The number of benzene rings is 2. The van der Waals surface area contributed by atoms with E-state index in [0.717, 1.165) is 15.7 Å². The number of esters is 1. The number of urea groups is 1. The largest absolute Gasteiger partial charge is 0.446 e. The van der Waals surface area contributed by atoms with Crippen LogP contribution in [0.2, 0.25) is 0 Å². The molecule has 2 aromatic rings. The molecular weight excluding hydrogens is 334 g/mol. The lowest BCUT2D eigenvalue weighted by Crippen LogP contribution is -2.41. The van der Waals surface area contributed by atoms with Gasteiger partial charge in [0.15, 0.2) is 6.10 Å². The Morgan fingerprint density at radius 3 is 2.65 bits per heavy atom. The van der Waals surface area contributed by atoms with Gasteiger partial charge in [0.25, 0.3) is 5.91 Å². The molecule has 7 heteroatoms. The van der Waals surface area contributed by atoms with E-state index < -0.39 is 36.1 Å². The minimum atomic E-state index is -1.28. The number of carbonyl (C=O) groups excluding carboxylic acids is 3. The minimum absolute atomic E-state index is 0.542. The van der Waals surface area contributed by atoms with Gasteiger partial charge in [-0.1, -0.05) is 36.4 Å². The molecule has 0 spiro atoms. The van der Waals surface area contributed by atoms with E-state index in [1.54, 1.807) is 19.1 Å². The molecule has 3 rings (SSSR count). The lowest BCUT2D eigenvalue weighted by Gasteiger charge is -2.22. The summed E-state index contributed by atoms with van der Waals surface area (Å²) in [5, 5.41) is 13.3. The number of hydrogen-bond acceptors (Lipinski definition) is 5. The highest BCUT2D eigenvalue weighted by Crippen LogP contribution is 2.30. The average Bonchev–Trinajstić information content (AvgIpc) is 2.85. The van der Waals surface area contributed by atoms with E-state index in [0.29, 0.717) is 5.56 Å². The maximum Gasteiger partial charge on any atom is 0.327 e. The molecule has 1 saturated heterocycles. The van der Waals surface area contributed by atoms with Crippen molar-refractivity contribution >= 4 is 28.7 Å². The minimum Gasteiger partial charge on any atom is -0.446 e. The Bertz CT molecular complexity index is 949. The van der Waals surface area contributed by atoms with Crippen molar-refractivity contribution in [2.45, 2.75) is 25.5 Å². The predicted octanol–water partition coefficient (Wildman–Crippen LogP) is 2.06. The highest BCUT2D eigenvalue weighted by Gasteiger charge is 2.49. The lowest BCUT2D eigenvalue weighted by molar-refractivity contribution is -0.149. The Labute approximate surface area is 150 Å². The molecule has 0 saturated carbocycles. The molecule has 0 aliphatic carbocycles. The SMILES string of the molecule is C[C@H](C#N)OC(=O)CN1C(=O)N[C@@](C)(c2ccc3ccccc3c2)C1=O. The molecule has 1 heterocycles. The van der Waals surface area contributed by atoms with Gasteiger partial charge in [0.1, 0.15) is 18.2 Å². The van der Waals surface area contributed by atoms with Crippen LogP contribution in [0, 0.1) is 11.3 Å². The van der Waals surface area contributed by atoms with Crippen molar-refractivity contribution < 1.29 is 19.1 Å². The second kappa shape index (κ2) is 6.48. The molecule has 0 bridgehead atoms. The van der Waals surface area contributed by atoms with Gasteiger partial charge in [-0.25, -0.2) is 4.79 Å². The van der Waals surface area contributed by atoms with Crippen LogP contribution in [0.3, 0.4) is 0 Å². The summed E-state index contributed by atoms with van der Waals surface area (Å²) >= 11 is 0. The summed E-state index contributed by atoms with van der Waals surface area (Å²) in [5.74, 6) is -1.36. The topological polar surface area (TPSA) is 99.5 Å². The monoisotopic (exact) mass is 351 g/mol. The molecule has 1 fully saturated rings. The lowest BCUT2D eigenvalue weighted by atomic mass is 9.90. The summed E-state index contributed by atoms with van der Waals surface area (Å²) in [6.07, 6.45) is -0.949. The molecule has 26 heavy (non-hydrogen) atoms. The van der Waals surface area contributed by atoms with Gasteiger partial charge in [0, 0.05) is 0 Å². The van der Waals surface area contributed by atoms with Gasteiger partial charge < -0.3 is 10.1 Å². The van der Waals surface area contributed by atoms with Gasteiger partial charge >= 0.3 is 12.0 Å². The van der Waals surface area contributed by atoms with Gasteiger partial charge in [-0.15, -0.1) is 0 Å². The molecule has 1 N–H and O–H groups in total. The number of hydrogen-bond donors (Lipinski definition) is 1. The number of carbonyl (C=O) groups is 3. The van der Waals surface area contributed by atoms with Crippen molar-refractivity contribution in [3.05, 3.63) is 48.0 Å². The molecule has 1 aliphatic rings. The van der Waals surface area contributed by atoms with Crippen molar-refractivity contribution in [2.24, 2.45) is 0 Å². The third kappa shape index (κ3) is 2.97. The molecule has 0 radical (unpaired) electrons. The maximum atomic E-state index is 12.8. The third-order valence-corrected chi connectivity index (χ3v) is 4.38. The first-order chi connectivity index (χ1) is 12.3. The smallest absolute Gasteiger partial charge is 0.327 e. The van der Waals surface area contributed by atoms with Gasteiger partial charge in [0.2, 0.25) is 0 Å². The number of nitrogens with one attached hydrogen (secondary N) is 1. The molecule has 1 aliphatic heterocycles. The van der Waals surface area contributed by atoms with Crippen LogP contribution >= 0.6 is 0 Å². The fraction of sp³-hybridized carbons (Fsp3) is 0.263. The standard InChI is InChI=1S/C19H17N3O4/c1-12(10-20)26-16(23)11-22-17(24)19(2,21-18(22)25)15-8-7-13-5-3-4-6-14(13)9-15/h3-9,12H,11H2,1-2H3,(H,21,25)/t12-,19+/m1/s1. The van der Waals surface area contributed by atoms with Crippen LogP contribution in [0.5, 0.6) is 0 Å². The number of fused-ring (bicyclic) bond motifs is 1. The summed E-state index contributed by atoms with van der Waals surface area (Å²) in [4.78, 5) is 37.7. The molecule has 2 aromatic carbocycles. The zero-order valence-electron chi connectivity index (χ0n) is 14.4. The number of rotatable bonds is 4. The van der Waals surface area contributed by atoms with Crippen molar-refractivity contribution in [1.82, 2.24) is 10.2 Å². The van der Waals surface area contributed by atoms with E-state index in [2.05, 4.69) is 5.32 Å². The summed E-state index contributed by atoms with van der Waals surface area (Å²) in [6.45, 7) is 2.46. The summed E-state index contributed by atoms with van der Waals surface area (Å²) in [7, 11) is 0. The zero-order valence-corrected chi connectivity index (χ0v) is 14.4.